The average molecular weight is 448 g/mol. The molecule has 1 aromatic rings. The number of fused-ring (bicyclic) bond motifs is 2. The van der Waals surface area contributed by atoms with E-state index in [9.17, 15) is 10.1 Å². The smallest absolute Gasteiger partial charge is 0.243 e. The molecule has 4 bridgehead atoms. The van der Waals surface area contributed by atoms with Crippen LogP contribution in [0.3, 0.4) is 0 Å². The minimum absolute atomic E-state index is 0.00205. The normalized spacial score (nSPS) is 37.2. The van der Waals surface area contributed by atoms with E-state index in [0.29, 0.717) is 6.61 Å². The number of carbonyl (C=O) groups is 1. The van der Waals surface area contributed by atoms with E-state index in [2.05, 4.69) is 62.5 Å². The number of nitriles is 1. The number of piperidine rings is 1. The molecule has 5 nitrogen and oxygen atoms in total. The molecule has 6 heteroatoms. The summed E-state index contributed by atoms with van der Waals surface area (Å²) in [4.78, 5) is 18.4. The lowest BCUT2D eigenvalue weighted by Gasteiger charge is -2.44. The monoisotopic (exact) mass is 447 g/mol. The SMILES string of the molecule is C=CC12CN(C)C3C(C#N)C1C=CC1(C(=O)N(COCC[Si](C)(C)C)c4ccccc41)C32. The number of para-hydroxylation sites is 1. The second kappa shape index (κ2) is 7.15. The van der Waals surface area contributed by atoms with E-state index >= 15 is 0 Å². The molecule has 0 N–H and O–H groups in total. The molecule has 0 radical (unpaired) electrons. The first-order valence-electron chi connectivity index (χ1n) is 11.6. The van der Waals surface area contributed by atoms with Gasteiger partial charge in [0.25, 0.3) is 0 Å². The van der Waals surface area contributed by atoms with Gasteiger partial charge in [0, 0.05) is 44.5 Å². The molecule has 5 rings (SSSR count). The lowest BCUT2D eigenvalue weighted by Crippen LogP contribution is -2.52. The summed E-state index contributed by atoms with van der Waals surface area (Å²) in [6.45, 7) is 13.0. The van der Waals surface area contributed by atoms with Gasteiger partial charge in [-0.3, -0.25) is 9.69 Å². The maximum Gasteiger partial charge on any atom is 0.243 e. The highest BCUT2D eigenvalue weighted by atomic mass is 28.3. The van der Waals surface area contributed by atoms with E-state index in [-0.39, 0.29) is 41.8 Å². The Balaban J connectivity index is 1.56. The van der Waals surface area contributed by atoms with E-state index in [1.54, 1.807) is 0 Å². The maximum absolute atomic E-state index is 14.3. The van der Waals surface area contributed by atoms with Crippen LogP contribution in [0.25, 0.3) is 0 Å². The first-order chi connectivity index (χ1) is 15.2. The van der Waals surface area contributed by atoms with Crippen LogP contribution in [0, 0.1) is 34.5 Å². The first kappa shape index (κ1) is 21.6. The number of nitrogens with zero attached hydrogens (tertiary/aromatic N) is 3. The minimum Gasteiger partial charge on any atom is -0.361 e. The number of carbonyl (C=O) groups excluding carboxylic acids is 1. The van der Waals surface area contributed by atoms with Crippen LogP contribution in [-0.4, -0.2) is 51.9 Å². The van der Waals surface area contributed by atoms with Crippen molar-refractivity contribution in [3.63, 3.8) is 0 Å². The van der Waals surface area contributed by atoms with Crippen molar-refractivity contribution in [1.82, 2.24) is 4.90 Å². The van der Waals surface area contributed by atoms with Crippen molar-refractivity contribution in [3.05, 3.63) is 54.6 Å². The molecule has 1 saturated carbocycles. The predicted molar refractivity (Wildman–Crippen MR) is 129 cm³/mol. The molecular weight excluding hydrogens is 414 g/mol. The van der Waals surface area contributed by atoms with Gasteiger partial charge in [0.15, 0.2) is 0 Å². The Morgan fingerprint density at radius 3 is 2.78 bits per heavy atom. The van der Waals surface area contributed by atoms with Crippen molar-refractivity contribution >= 4 is 19.7 Å². The third-order valence-electron chi connectivity index (χ3n) is 8.37. The summed E-state index contributed by atoms with van der Waals surface area (Å²) < 4.78 is 6.05. The predicted octanol–water partition coefficient (Wildman–Crippen LogP) is 4.03. The molecule has 2 fully saturated rings. The minimum atomic E-state index is -1.20. The number of hydrogen-bond acceptors (Lipinski definition) is 4. The van der Waals surface area contributed by atoms with Crippen LogP contribution in [0.15, 0.2) is 49.1 Å². The Kier molecular flexibility index (Phi) is 4.83. The summed E-state index contributed by atoms with van der Waals surface area (Å²) in [5.74, 6) is 0.0625. The molecule has 0 aromatic heterocycles. The van der Waals surface area contributed by atoms with Crippen LogP contribution in [0.4, 0.5) is 5.69 Å². The first-order valence-corrected chi connectivity index (χ1v) is 15.3. The highest BCUT2D eigenvalue weighted by Gasteiger charge is 2.75. The third kappa shape index (κ3) is 2.65. The molecule has 168 valence electrons. The van der Waals surface area contributed by atoms with Crippen LogP contribution in [0.5, 0.6) is 0 Å². The van der Waals surface area contributed by atoms with Gasteiger partial charge in [0.1, 0.15) is 6.73 Å². The van der Waals surface area contributed by atoms with E-state index in [1.165, 1.54) is 0 Å². The third-order valence-corrected chi connectivity index (χ3v) is 10.1. The second-order valence-electron chi connectivity index (χ2n) is 11.2. The van der Waals surface area contributed by atoms with Crippen molar-refractivity contribution in [3.8, 4) is 6.07 Å². The molecule has 2 heterocycles. The average Bonchev–Trinajstić information content (AvgIpc) is 3.24. The molecule has 1 aromatic carbocycles. The molecule has 1 saturated heterocycles. The molecule has 4 aliphatic rings. The van der Waals surface area contributed by atoms with Gasteiger partial charge in [0.2, 0.25) is 5.91 Å². The maximum atomic E-state index is 14.3. The molecule has 1 spiro atoms. The lowest BCUT2D eigenvalue weighted by molar-refractivity contribution is -0.125. The molecule has 6 atom stereocenters. The Hall–Kier alpha value is -2.20. The zero-order valence-corrected chi connectivity index (χ0v) is 20.5. The summed E-state index contributed by atoms with van der Waals surface area (Å²) in [5.41, 5.74) is 0.940. The highest BCUT2D eigenvalue weighted by Crippen LogP contribution is 2.69. The van der Waals surface area contributed by atoms with Gasteiger partial charge in [-0.1, -0.05) is 56.1 Å². The summed E-state index contributed by atoms with van der Waals surface area (Å²) in [6, 6.07) is 11.8. The van der Waals surface area contributed by atoms with Crippen LogP contribution < -0.4 is 4.90 Å². The highest BCUT2D eigenvalue weighted by molar-refractivity contribution is 6.76. The Bertz CT molecular complexity index is 1040. The van der Waals surface area contributed by atoms with Crippen LogP contribution in [0.2, 0.25) is 25.7 Å². The largest absolute Gasteiger partial charge is 0.361 e. The van der Waals surface area contributed by atoms with E-state index < -0.39 is 13.5 Å². The number of ether oxygens (including phenoxy) is 1. The number of likely N-dealkylation sites (tertiary alicyclic amines) is 1. The van der Waals surface area contributed by atoms with Gasteiger partial charge in [-0.25, -0.2) is 0 Å². The quantitative estimate of drug-likeness (QED) is 0.375. The number of rotatable bonds is 6. The Morgan fingerprint density at radius 1 is 1.34 bits per heavy atom. The van der Waals surface area contributed by atoms with Crippen molar-refractivity contribution in [2.45, 2.75) is 37.1 Å². The van der Waals surface area contributed by atoms with Gasteiger partial charge < -0.3 is 9.64 Å². The zero-order valence-electron chi connectivity index (χ0n) is 19.5. The summed E-state index contributed by atoms with van der Waals surface area (Å²) in [7, 11) is 0.884. The van der Waals surface area contributed by atoms with Gasteiger partial charge >= 0.3 is 0 Å². The second-order valence-corrected chi connectivity index (χ2v) is 16.8. The van der Waals surface area contributed by atoms with Crippen molar-refractivity contribution in [1.29, 1.82) is 5.26 Å². The number of anilines is 1. The van der Waals surface area contributed by atoms with Gasteiger partial charge in [-0.15, -0.1) is 6.58 Å². The molecule has 2 aliphatic carbocycles. The molecule has 2 aliphatic heterocycles. The molecule has 6 unspecified atom stereocenters. The number of hydrogen-bond donors (Lipinski definition) is 0. The zero-order chi connectivity index (χ0) is 22.9. The van der Waals surface area contributed by atoms with Gasteiger partial charge in [0.05, 0.1) is 23.1 Å². The standard InChI is InChI=1S/C26H33N3O2Si/c1-6-25-16-28(2)22-18(15-27)19(25)11-12-26(23(22)25)20-9-7-8-10-21(20)29(24(26)30)17-31-13-14-32(3,4)5/h6-12,18-19,22-23H,1,13-14,16-17H2,2-5H3. The van der Waals surface area contributed by atoms with Gasteiger partial charge in [-0.05, 0) is 24.7 Å². The van der Waals surface area contributed by atoms with Gasteiger partial charge in [-0.2, -0.15) is 5.26 Å². The fourth-order valence-corrected chi connectivity index (χ4v) is 7.77. The molecule has 32 heavy (non-hydrogen) atoms. The fraction of sp³-hybridized carbons (Fsp3) is 0.538. The van der Waals surface area contributed by atoms with Crippen LogP contribution in [0.1, 0.15) is 5.56 Å². The van der Waals surface area contributed by atoms with Crippen LogP contribution in [-0.2, 0) is 14.9 Å². The Morgan fingerprint density at radius 2 is 2.09 bits per heavy atom. The number of allylic oxidation sites excluding steroid dienone is 1. The van der Waals surface area contributed by atoms with E-state index in [4.69, 9.17) is 4.74 Å². The topological polar surface area (TPSA) is 56.6 Å². The van der Waals surface area contributed by atoms with Crippen molar-refractivity contribution < 1.29 is 9.53 Å². The van der Waals surface area contributed by atoms with Crippen molar-refractivity contribution in [2.75, 3.05) is 31.8 Å². The molecular formula is C26H33N3O2Si. The summed E-state index contributed by atoms with van der Waals surface area (Å²) in [6.07, 6.45) is 6.32. The van der Waals surface area contributed by atoms with Crippen molar-refractivity contribution in [2.24, 2.45) is 23.2 Å². The van der Waals surface area contributed by atoms with Crippen LogP contribution >= 0.6 is 0 Å². The Labute approximate surface area is 192 Å². The lowest BCUT2D eigenvalue weighted by atomic mass is 9.56. The number of benzene rings is 1. The summed E-state index contributed by atoms with van der Waals surface area (Å²) in [5, 5.41) is 10.1. The number of amides is 1. The molecule has 1 amide bonds. The van der Waals surface area contributed by atoms with E-state index in [1.807, 2.05) is 29.2 Å². The van der Waals surface area contributed by atoms with E-state index in [0.717, 1.165) is 23.8 Å². The summed E-state index contributed by atoms with van der Waals surface area (Å²) >= 11 is 0. The fourth-order valence-electron chi connectivity index (χ4n) is 7.02.